The lowest BCUT2D eigenvalue weighted by Gasteiger charge is -2.08. The van der Waals surface area contributed by atoms with Crippen LogP contribution >= 0.6 is 11.6 Å². The summed E-state index contributed by atoms with van der Waals surface area (Å²) in [5.74, 6) is 0. The molecule has 0 radical (unpaired) electrons. The largest absolute Gasteiger partial charge is 0.236 e. The summed E-state index contributed by atoms with van der Waals surface area (Å²) in [5, 5.41) is 0.548. The summed E-state index contributed by atoms with van der Waals surface area (Å²) < 4.78 is 0. The van der Waals surface area contributed by atoms with Crippen LogP contribution in [-0.2, 0) is 6.42 Å². The Labute approximate surface area is 120 Å². The molecule has 0 aromatic heterocycles. The number of aliphatic imine (C=N–C) groups is 1. The van der Waals surface area contributed by atoms with E-state index >= 15 is 0 Å². The molecule has 2 heteroatoms. The molecule has 0 saturated heterocycles. The first-order chi connectivity index (χ1) is 9.22. The molecule has 0 heterocycles. The molecule has 98 valence electrons. The van der Waals surface area contributed by atoms with Gasteiger partial charge in [-0.2, -0.15) is 0 Å². The van der Waals surface area contributed by atoms with Crippen molar-refractivity contribution in [3.63, 3.8) is 0 Å². The lowest BCUT2D eigenvalue weighted by molar-refractivity contribution is 0.920. The van der Waals surface area contributed by atoms with E-state index in [0.717, 1.165) is 24.1 Å². The third-order valence-corrected chi connectivity index (χ3v) is 3.37. The van der Waals surface area contributed by atoms with Crippen molar-refractivity contribution >= 4 is 22.5 Å². The van der Waals surface area contributed by atoms with Gasteiger partial charge in [-0.1, -0.05) is 73.5 Å². The van der Waals surface area contributed by atoms with Crippen LogP contribution in [0.1, 0.15) is 30.0 Å². The predicted octanol–water partition coefficient (Wildman–Crippen LogP) is 5.26. The minimum atomic E-state index is 0.548. The van der Waals surface area contributed by atoms with Crippen molar-refractivity contribution in [2.24, 2.45) is 4.99 Å². The average Bonchev–Trinajstić information content (AvgIpc) is 2.44. The van der Waals surface area contributed by atoms with Gasteiger partial charge in [0.05, 0.1) is 5.69 Å². The predicted molar refractivity (Wildman–Crippen MR) is 83.7 cm³/mol. The Kier molecular flexibility index (Phi) is 4.75. The summed E-state index contributed by atoms with van der Waals surface area (Å²) in [6.45, 7) is 4.25. The Hall–Kier alpha value is -1.60. The molecule has 19 heavy (non-hydrogen) atoms. The highest BCUT2D eigenvalue weighted by atomic mass is 35.5. The quantitative estimate of drug-likeness (QED) is 0.672. The van der Waals surface area contributed by atoms with Gasteiger partial charge in [-0.15, -0.1) is 0 Å². The second kappa shape index (κ2) is 6.53. The normalized spacial score (nSPS) is 11.6. The van der Waals surface area contributed by atoms with Crippen LogP contribution in [0.5, 0.6) is 0 Å². The van der Waals surface area contributed by atoms with Crippen molar-refractivity contribution in [1.29, 1.82) is 0 Å². The first-order valence-electron chi connectivity index (χ1n) is 6.60. The van der Waals surface area contributed by atoms with Gasteiger partial charge >= 0.3 is 0 Å². The van der Waals surface area contributed by atoms with Crippen LogP contribution in [-0.4, -0.2) is 5.17 Å². The molecule has 0 fully saturated rings. The van der Waals surface area contributed by atoms with Crippen molar-refractivity contribution in [1.82, 2.24) is 0 Å². The molecule has 0 aliphatic carbocycles. The summed E-state index contributed by atoms with van der Waals surface area (Å²) in [4.78, 5) is 4.63. The first kappa shape index (κ1) is 13.8. The van der Waals surface area contributed by atoms with E-state index in [9.17, 15) is 0 Å². The number of para-hydroxylation sites is 1. The molecule has 0 saturated carbocycles. The Morgan fingerprint density at radius 3 is 2.47 bits per heavy atom. The van der Waals surface area contributed by atoms with Crippen molar-refractivity contribution < 1.29 is 0 Å². The maximum Gasteiger partial charge on any atom is 0.136 e. The van der Waals surface area contributed by atoms with E-state index in [1.807, 2.05) is 30.3 Å². The number of hydrogen-bond acceptors (Lipinski definition) is 1. The van der Waals surface area contributed by atoms with Crippen LogP contribution in [0.4, 0.5) is 5.69 Å². The second-order valence-electron chi connectivity index (χ2n) is 4.60. The summed E-state index contributed by atoms with van der Waals surface area (Å²) in [6.07, 6.45) is 2.13. The molecule has 2 aromatic carbocycles. The smallest absolute Gasteiger partial charge is 0.136 e. The molecule has 0 amide bonds. The Bertz CT molecular complexity index is 573. The second-order valence-corrected chi connectivity index (χ2v) is 4.96. The van der Waals surface area contributed by atoms with Gasteiger partial charge in [0, 0.05) is 5.56 Å². The minimum Gasteiger partial charge on any atom is -0.236 e. The summed E-state index contributed by atoms with van der Waals surface area (Å²) in [7, 11) is 0. The fourth-order valence-corrected chi connectivity index (χ4v) is 2.30. The van der Waals surface area contributed by atoms with Crippen molar-refractivity contribution in [2.45, 2.75) is 26.7 Å². The number of benzene rings is 2. The number of rotatable bonds is 4. The van der Waals surface area contributed by atoms with Crippen LogP contribution in [0.3, 0.4) is 0 Å². The first-order valence-corrected chi connectivity index (χ1v) is 6.98. The van der Waals surface area contributed by atoms with Gasteiger partial charge in [-0.3, -0.25) is 0 Å². The number of nitrogens with zero attached hydrogens (tertiary/aromatic N) is 1. The molecule has 0 unspecified atom stereocenters. The van der Waals surface area contributed by atoms with Crippen LogP contribution in [0.25, 0.3) is 0 Å². The fourth-order valence-electron chi connectivity index (χ4n) is 2.09. The molecular weight excluding hydrogens is 254 g/mol. The molecular formula is C17H18ClN. The zero-order chi connectivity index (χ0) is 13.7. The van der Waals surface area contributed by atoms with Gasteiger partial charge in [0.15, 0.2) is 0 Å². The minimum absolute atomic E-state index is 0.548. The lowest BCUT2D eigenvalue weighted by atomic mass is 10.0. The Morgan fingerprint density at radius 1 is 1.05 bits per heavy atom. The van der Waals surface area contributed by atoms with E-state index in [1.165, 1.54) is 11.1 Å². The standard InChI is InChI=1S/C17H18ClN/c1-3-8-14-12-7-9-13(2)16(14)19-17(18)15-10-5-4-6-11-15/h4-7,9-12H,3,8H2,1-2H3. The van der Waals surface area contributed by atoms with Gasteiger partial charge in [-0.05, 0) is 24.5 Å². The third kappa shape index (κ3) is 3.45. The SMILES string of the molecule is CCCc1cccc(C)c1N=C(Cl)c1ccccc1. The van der Waals surface area contributed by atoms with E-state index in [2.05, 4.69) is 37.0 Å². The van der Waals surface area contributed by atoms with E-state index in [1.54, 1.807) is 0 Å². The maximum absolute atomic E-state index is 6.33. The van der Waals surface area contributed by atoms with E-state index in [0.29, 0.717) is 5.17 Å². The molecule has 0 bridgehead atoms. The summed E-state index contributed by atoms with van der Waals surface area (Å²) in [5.41, 5.74) is 4.39. The van der Waals surface area contributed by atoms with Crippen LogP contribution in [0.15, 0.2) is 53.5 Å². The molecule has 2 rings (SSSR count). The highest BCUT2D eigenvalue weighted by molar-refractivity contribution is 6.69. The van der Waals surface area contributed by atoms with Crippen LogP contribution in [0.2, 0.25) is 0 Å². The zero-order valence-corrected chi connectivity index (χ0v) is 12.1. The Balaban J connectivity index is 2.42. The van der Waals surface area contributed by atoms with Crippen LogP contribution < -0.4 is 0 Å². The van der Waals surface area contributed by atoms with Crippen molar-refractivity contribution in [3.05, 3.63) is 65.2 Å². The lowest BCUT2D eigenvalue weighted by Crippen LogP contribution is -1.93. The number of halogens is 1. The highest BCUT2D eigenvalue weighted by Crippen LogP contribution is 2.26. The molecule has 2 aromatic rings. The number of aryl methyl sites for hydroxylation is 2. The molecule has 0 spiro atoms. The van der Waals surface area contributed by atoms with Crippen molar-refractivity contribution in [3.8, 4) is 0 Å². The van der Waals surface area contributed by atoms with E-state index < -0.39 is 0 Å². The molecule has 0 aliphatic rings. The van der Waals surface area contributed by atoms with Crippen molar-refractivity contribution in [2.75, 3.05) is 0 Å². The van der Waals surface area contributed by atoms with Gasteiger partial charge in [0.25, 0.3) is 0 Å². The number of hydrogen-bond donors (Lipinski definition) is 0. The van der Waals surface area contributed by atoms with Gasteiger partial charge in [0.2, 0.25) is 0 Å². The van der Waals surface area contributed by atoms with E-state index in [4.69, 9.17) is 11.6 Å². The highest BCUT2D eigenvalue weighted by Gasteiger charge is 2.06. The monoisotopic (exact) mass is 271 g/mol. The third-order valence-electron chi connectivity index (χ3n) is 3.06. The topological polar surface area (TPSA) is 12.4 Å². The van der Waals surface area contributed by atoms with E-state index in [-0.39, 0.29) is 0 Å². The summed E-state index contributed by atoms with van der Waals surface area (Å²) in [6, 6.07) is 16.2. The molecule has 1 nitrogen and oxygen atoms in total. The molecule has 0 atom stereocenters. The van der Waals surface area contributed by atoms with Crippen LogP contribution in [0, 0.1) is 6.92 Å². The zero-order valence-electron chi connectivity index (χ0n) is 11.4. The molecule has 0 N–H and O–H groups in total. The molecule has 0 aliphatic heterocycles. The summed E-state index contributed by atoms with van der Waals surface area (Å²) >= 11 is 6.33. The Morgan fingerprint density at radius 2 is 1.79 bits per heavy atom. The van der Waals surface area contributed by atoms with Gasteiger partial charge in [-0.25, -0.2) is 4.99 Å². The fraction of sp³-hybridized carbons (Fsp3) is 0.235. The average molecular weight is 272 g/mol. The van der Waals surface area contributed by atoms with Gasteiger partial charge in [0.1, 0.15) is 5.17 Å². The maximum atomic E-state index is 6.33. The van der Waals surface area contributed by atoms with Gasteiger partial charge < -0.3 is 0 Å².